The van der Waals surface area contributed by atoms with Crippen LogP contribution in [0.5, 0.6) is 0 Å². The summed E-state index contributed by atoms with van der Waals surface area (Å²) in [5.41, 5.74) is 10.0. The van der Waals surface area contributed by atoms with Gasteiger partial charge in [0.2, 0.25) is 0 Å². The molecule has 0 aliphatic carbocycles. The minimum absolute atomic E-state index is 1.10. The first-order valence-electron chi connectivity index (χ1n) is 11.5. The van der Waals surface area contributed by atoms with Crippen molar-refractivity contribution in [3.8, 4) is 0 Å². The summed E-state index contributed by atoms with van der Waals surface area (Å²) in [5.74, 6) is 0. The number of benzene rings is 4. The van der Waals surface area contributed by atoms with Gasteiger partial charge in [-0.15, -0.1) is 0 Å². The van der Waals surface area contributed by atoms with Crippen LogP contribution in [-0.2, 0) is 38.5 Å². The topological polar surface area (TPSA) is 0 Å². The maximum atomic E-state index is 2.47. The second kappa shape index (κ2) is 10.8. The highest BCUT2D eigenvalue weighted by Gasteiger charge is 2.07. The summed E-state index contributed by atoms with van der Waals surface area (Å²) in [5, 5.41) is 0. The Morgan fingerprint density at radius 2 is 0.839 bits per heavy atom. The van der Waals surface area contributed by atoms with E-state index in [1.165, 1.54) is 38.9 Å². The fraction of sp³-hybridized carbons (Fsp3) is 0.226. The van der Waals surface area contributed by atoms with Crippen LogP contribution < -0.4 is 0 Å². The van der Waals surface area contributed by atoms with Crippen LogP contribution in [0.2, 0.25) is 0 Å². The molecule has 4 aromatic rings. The molecule has 0 atom stereocenters. The van der Waals surface area contributed by atoms with E-state index >= 15 is 0 Å². The molecule has 4 rings (SSSR count). The van der Waals surface area contributed by atoms with Gasteiger partial charge < -0.3 is 0 Å². The van der Waals surface area contributed by atoms with Gasteiger partial charge in [0.05, 0.1) is 0 Å². The highest BCUT2D eigenvalue weighted by atomic mass is 14.1. The summed E-state index contributed by atoms with van der Waals surface area (Å²) in [6, 6.07) is 37.9. The van der Waals surface area contributed by atoms with Gasteiger partial charge in [-0.1, -0.05) is 109 Å². The second-order valence-electron chi connectivity index (χ2n) is 8.56. The van der Waals surface area contributed by atoms with E-state index in [-0.39, 0.29) is 0 Å². The normalized spacial score (nSPS) is 10.9. The zero-order chi connectivity index (χ0) is 21.3. The molecule has 0 radical (unpaired) electrons. The number of rotatable bonds is 9. The summed E-state index contributed by atoms with van der Waals surface area (Å²) in [4.78, 5) is 0. The van der Waals surface area contributed by atoms with E-state index in [0.29, 0.717) is 0 Å². The van der Waals surface area contributed by atoms with Gasteiger partial charge in [0, 0.05) is 0 Å². The molecule has 0 aliphatic rings. The zero-order valence-corrected chi connectivity index (χ0v) is 18.6. The Morgan fingerprint density at radius 1 is 0.387 bits per heavy atom. The van der Waals surface area contributed by atoms with Crippen molar-refractivity contribution in [1.29, 1.82) is 0 Å². The van der Waals surface area contributed by atoms with E-state index in [2.05, 4.69) is 110 Å². The van der Waals surface area contributed by atoms with Crippen LogP contribution in [0.15, 0.2) is 103 Å². The van der Waals surface area contributed by atoms with Crippen LogP contribution in [0.1, 0.15) is 38.9 Å². The van der Waals surface area contributed by atoms with Gasteiger partial charge in [-0.2, -0.15) is 0 Å². The number of hydrogen-bond acceptors (Lipinski definition) is 0. The van der Waals surface area contributed by atoms with Crippen LogP contribution in [0.25, 0.3) is 0 Å². The molecule has 0 bridgehead atoms. The summed E-state index contributed by atoms with van der Waals surface area (Å²) < 4.78 is 0. The molecule has 0 heteroatoms. The molecule has 0 saturated heterocycles. The molecule has 31 heavy (non-hydrogen) atoms. The molecule has 0 fully saturated rings. The zero-order valence-electron chi connectivity index (χ0n) is 18.6. The summed E-state index contributed by atoms with van der Waals surface area (Å²) in [6.45, 7) is 2.15. The second-order valence-corrected chi connectivity index (χ2v) is 8.56. The first kappa shape index (κ1) is 21.1. The van der Waals surface area contributed by atoms with Crippen molar-refractivity contribution in [3.63, 3.8) is 0 Å². The summed E-state index contributed by atoms with van der Waals surface area (Å²) in [6.07, 6.45) is 6.60. The van der Waals surface area contributed by atoms with Gasteiger partial charge in [-0.25, -0.2) is 0 Å². The molecule has 0 nitrogen and oxygen atoms in total. The van der Waals surface area contributed by atoms with E-state index in [0.717, 1.165) is 38.5 Å². The lowest BCUT2D eigenvalue weighted by Crippen LogP contribution is -2.02. The van der Waals surface area contributed by atoms with Crippen molar-refractivity contribution < 1.29 is 0 Å². The van der Waals surface area contributed by atoms with Crippen LogP contribution in [0.3, 0.4) is 0 Å². The maximum absolute atomic E-state index is 2.47. The Labute approximate surface area is 187 Å². The van der Waals surface area contributed by atoms with Crippen LogP contribution in [0, 0.1) is 6.92 Å². The molecule has 0 aromatic heterocycles. The van der Waals surface area contributed by atoms with Crippen molar-refractivity contribution in [2.45, 2.75) is 45.4 Å². The molecular weight excluding hydrogens is 372 g/mol. The third-order valence-corrected chi connectivity index (χ3v) is 6.15. The predicted octanol–water partition coefficient (Wildman–Crippen LogP) is 7.35. The lowest BCUT2D eigenvalue weighted by Gasteiger charge is -2.13. The summed E-state index contributed by atoms with van der Waals surface area (Å²) >= 11 is 0. The average molecular weight is 405 g/mol. The lowest BCUT2D eigenvalue weighted by molar-refractivity contribution is 0.881. The molecule has 0 aliphatic heterocycles. The standard InChI is InChI=1S/C31H32/c1-25-12-14-28(15-13-25)16-17-29-20-22-30(21-18-26-8-4-2-5-9-26)31(24-29)23-19-27-10-6-3-7-11-27/h2-15,20,22,24H,16-19,21,23H2,1H3. The largest absolute Gasteiger partial charge is 0.0622 e. The minimum atomic E-state index is 1.10. The highest BCUT2D eigenvalue weighted by molar-refractivity contribution is 5.35. The van der Waals surface area contributed by atoms with Crippen molar-refractivity contribution in [3.05, 3.63) is 142 Å². The maximum Gasteiger partial charge on any atom is -0.0235 e. The van der Waals surface area contributed by atoms with E-state index < -0.39 is 0 Å². The van der Waals surface area contributed by atoms with E-state index in [1.807, 2.05) is 0 Å². The molecule has 0 saturated carbocycles. The first-order chi connectivity index (χ1) is 15.3. The Balaban J connectivity index is 1.48. The monoisotopic (exact) mass is 404 g/mol. The number of hydrogen-bond donors (Lipinski definition) is 0. The molecule has 156 valence electrons. The molecule has 0 unspecified atom stereocenters. The molecule has 0 spiro atoms. The molecule has 4 aromatic carbocycles. The van der Waals surface area contributed by atoms with Gasteiger partial charge in [0.25, 0.3) is 0 Å². The van der Waals surface area contributed by atoms with Crippen molar-refractivity contribution in [2.24, 2.45) is 0 Å². The van der Waals surface area contributed by atoms with Crippen LogP contribution in [-0.4, -0.2) is 0 Å². The van der Waals surface area contributed by atoms with Crippen molar-refractivity contribution in [1.82, 2.24) is 0 Å². The van der Waals surface area contributed by atoms with Crippen molar-refractivity contribution >= 4 is 0 Å². The minimum Gasteiger partial charge on any atom is -0.0622 e. The Hall–Kier alpha value is -3.12. The van der Waals surface area contributed by atoms with Gasteiger partial charge >= 0.3 is 0 Å². The molecular formula is C31H32. The van der Waals surface area contributed by atoms with Gasteiger partial charge in [-0.05, 0) is 78.8 Å². The predicted molar refractivity (Wildman–Crippen MR) is 133 cm³/mol. The van der Waals surface area contributed by atoms with E-state index in [9.17, 15) is 0 Å². The number of aryl methyl sites for hydroxylation is 7. The van der Waals surface area contributed by atoms with E-state index in [4.69, 9.17) is 0 Å². The highest BCUT2D eigenvalue weighted by Crippen LogP contribution is 2.19. The SMILES string of the molecule is Cc1ccc(CCc2ccc(CCc3ccccc3)c(CCc3ccccc3)c2)cc1. The van der Waals surface area contributed by atoms with Gasteiger partial charge in [0.15, 0.2) is 0 Å². The summed E-state index contributed by atoms with van der Waals surface area (Å²) in [7, 11) is 0. The van der Waals surface area contributed by atoms with Crippen LogP contribution >= 0.6 is 0 Å². The Bertz CT molecular complexity index is 1060. The third-order valence-electron chi connectivity index (χ3n) is 6.15. The van der Waals surface area contributed by atoms with Gasteiger partial charge in [0.1, 0.15) is 0 Å². The van der Waals surface area contributed by atoms with Crippen LogP contribution in [0.4, 0.5) is 0 Å². The third kappa shape index (κ3) is 6.43. The first-order valence-corrected chi connectivity index (χ1v) is 11.5. The van der Waals surface area contributed by atoms with E-state index in [1.54, 1.807) is 0 Å². The Kier molecular flexibility index (Phi) is 7.34. The molecule has 0 heterocycles. The fourth-order valence-corrected chi connectivity index (χ4v) is 4.20. The van der Waals surface area contributed by atoms with Gasteiger partial charge in [-0.3, -0.25) is 0 Å². The lowest BCUT2D eigenvalue weighted by atomic mass is 9.92. The fourth-order valence-electron chi connectivity index (χ4n) is 4.20. The average Bonchev–Trinajstić information content (AvgIpc) is 2.83. The molecule has 0 amide bonds. The quantitative estimate of drug-likeness (QED) is 0.273. The smallest absolute Gasteiger partial charge is 0.0235 e. The van der Waals surface area contributed by atoms with Crippen molar-refractivity contribution in [2.75, 3.05) is 0 Å². The Morgan fingerprint density at radius 3 is 1.45 bits per heavy atom. The molecule has 0 N–H and O–H groups in total.